The first-order valence-corrected chi connectivity index (χ1v) is 8.93. The van der Waals surface area contributed by atoms with E-state index >= 15 is 0 Å². The SMILES string of the molecule is CC(C)(c1nnc(C2CC2)n1C1CC1)N1C(=O)c2ccccc2C1=O. The molecule has 128 valence electrons. The van der Waals surface area contributed by atoms with Gasteiger partial charge in [0.2, 0.25) is 0 Å². The molecule has 5 rings (SSSR count). The van der Waals surface area contributed by atoms with E-state index in [1.165, 1.54) is 4.90 Å². The van der Waals surface area contributed by atoms with Gasteiger partial charge in [-0.25, -0.2) is 0 Å². The van der Waals surface area contributed by atoms with Crippen LogP contribution in [0.15, 0.2) is 24.3 Å². The Labute approximate surface area is 145 Å². The zero-order chi connectivity index (χ0) is 17.3. The van der Waals surface area contributed by atoms with Crippen LogP contribution in [0.4, 0.5) is 0 Å². The third-order valence-corrected chi connectivity index (χ3v) is 5.48. The molecule has 1 aliphatic heterocycles. The van der Waals surface area contributed by atoms with E-state index in [-0.39, 0.29) is 11.8 Å². The summed E-state index contributed by atoms with van der Waals surface area (Å²) in [5.74, 6) is 1.75. The molecule has 2 heterocycles. The Bertz CT molecular complexity index is 871. The van der Waals surface area contributed by atoms with Crippen LogP contribution in [0, 0.1) is 0 Å². The molecule has 25 heavy (non-hydrogen) atoms. The number of fused-ring (bicyclic) bond motifs is 1. The maximum atomic E-state index is 12.9. The van der Waals surface area contributed by atoms with Gasteiger partial charge in [-0.3, -0.25) is 14.5 Å². The Balaban J connectivity index is 1.61. The predicted octanol–water partition coefficient (Wildman–Crippen LogP) is 3.02. The van der Waals surface area contributed by atoms with Crippen molar-refractivity contribution in [2.45, 2.75) is 57.0 Å². The van der Waals surface area contributed by atoms with Gasteiger partial charge >= 0.3 is 0 Å². The lowest BCUT2D eigenvalue weighted by atomic mass is 10.0. The number of aromatic nitrogens is 3. The van der Waals surface area contributed by atoms with Crippen molar-refractivity contribution >= 4 is 11.8 Å². The van der Waals surface area contributed by atoms with Crippen molar-refractivity contribution in [3.05, 3.63) is 47.0 Å². The van der Waals surface area contributed by atoms with Crippen molar-refractivity contribution in [3.8, 4) is 0 Å². The minimum absolute atomic E-state index is 0.246. The summed E-state index contributed by atoms with van der Waals surface area (Å²) in [6, 6.07) is 7.42. The number of carbonyl (C=O) groups is 2. The summed E-state index contributed by atoms with van der Waals surface area (Å²) < 4.78 is 2.21. The molecular weight excluding hydrogens is 316 g/mol. The van der Waals surface area contributed by atoms with Gasteiger partial charge in [0.15, 0.2) is 5.82 Å². The predicted molar refractivity (Wildman–Crippen MR) is 90.2 cm³/mol. The average molecular weight is 336 g/mol. The summed E-state index contributed by atoms with van der Waals surface area (Å²) in [5.41, 5.74) is 0.108. The molecule has 0 N–H and O–H groups in total. The normalized spacial score (nSPS) is 20.3. The van der Waals surface area contributed by atoms with Gasteiger partial charge in [0.25, 0.3) is 11.8 Å². The highest BCUT2D eigenvalue weighted by Gasteiger charge is 2.49. The lowest BCUT2D eigenvalue weighted by molar-refractivity contribution is 0.0454. The molecule has 0 spiro atoms. The van der Waals surface area contributed by atoms with Crippen LogP contribution < -0.4 is 0 Å². The Morgan fingerprint density at radius 1 is 0.960 bits per heavy atom. The topological polar surface area (TPSA) is 68.1 Å². The highest BCUT2D eigenvalue weighted by Crippen LogP contribution is 2.47. The van der Waals surface area contributed by atoms with Crippen molar-refractivity contribution in [1.82, 2.24) is 19.7 Å². The van der Waals surface area contributed by atoms with Gasteiger partial charge in [0.1, 0.15) is 11.4 Å². The van der Waals surface area contributed by atoms with E-state index in [1.807, 2.05) is 13.8 Å². The molecule has 6 heteroatoms. The number of carbonyl (C=O) groups excluding carboxylic acids is 2. The second-order valence-electron chi connectivity index (χ2n) is 7.81. The molecule has 3 aliphatic rings. The van der Waals surface area contributed by atoms with Gasteiger partial charge in [-0.15, -0.1) is 10.2 Å². The summed E-state index contributed by atoms with van der Waals surface area (Å²) in [6.45, 7) is 3.79. The van der Waals surface area contributed by atoms with E-state index in [9.17, 15) is 9.59 Å². The number of benzene rings is 1. The second kappa shape index (κ2) is 4.77. The summed E-state index contributed by atoms with van der Waals surface area (Å²) in [5, 5.41) is 8.89. The van der Waals surface area contributed by atoms with Gasteiger partial charge in [0.05, 0.1) is 11.1 Å². The van der Waals surface area contributed by atoms with E-state index in [1.54, 1.807) is 24.3 Å². The van der Waals surface area contributed by atoms with E-state index < -0.39 is 5.54 Å². The number of rotatable bonds is 4. The molecule has 0 unspecified atom stereocenters. The molecule has 0 atom stereocenters. The van der Waals surface area contributed by atoms with Crippen molar-refractivity contribution in [2.24, 2.45) is 0 Å². The van der Waals surface area contributed by atoms with Gasteiger partial charge < -0.3 is 4.57 Å². The first-order chi connectivity index (χ1) is 12.0. The van der Waals surface area contributed by atoms with Crippen LogP contribution in [0.1, 0.15) is 83.9 Å². The van der Waals surface area contributed by atoms with E-state index in [0.717, 1.165) is 37.3 Å². The van der Waals surface area contributed by atoms with E-state index in [0.29, 0.717) is 23.1 Å². The fourth-order valence-electron chi connectivity index (χ4n) is 3.83. The number of nitrogens with zero attached hydrogens (tertiary/aromatic N) is 4. The molecular formula is C19H20N4O2. The molecule has 0 radical (unpaired) electrons. The molecule has 2 saturated carbocycles. The lowest BCUT2D eigenvalue weighted by Crippen LogP contribution is -2.47. The number of hydrogen-bond acceptors (Lipinski definition) is 4. The maximum absolute atomic E-state index is 12.9. The molecule has 2 fully saturated rings. The Morgan fingerprint density at radius 2 is 1.56 bits per heavy atom. The van der Waals surface area contributed by atoms with Crippen molar-refractivity contribution in [2.75, 3.05) is 0 Å². The number of imide groups is 1. The number of amides is 2. The Hall–Kier alpha value is -2.50. The quantitative estimate of drug-likeness (QED) is 0.805. The molecule has 0 saturated heterocycles. The number of hydrogen-bond donors (Lipinski definition) is 0. The van der Waals surface area contributed by atoms with Crippen molar-refractivity contribution < 1.29 is 9.59 Å². The van der Waals surface area contributed by atoms with E-state index in [2.05, 4.69) is 14.8 Å². The Kier molecular flexibility index (Phi) is 2.83. The van der Waals surface area contributed by atoms with Crippen LogP contribution >= 0.6 is 0 Å². The van der Waals surface area contributed by atoms with Crippen LogP contribution in [0.3, 0.4) is 0 Å². The van der Waals surface area contributed by atoms with Crippen molar-refractivity contribution in [1.29, 1.82) is 0 Å². The molecule has 2 amide bonds. The molecule has 1 aromatic carbocycles. The monoisotopic (exact) mass is 336 g/mol. The van der Waals surface area contributed by atoms with E-state index in [4.69, 9.17) is 0 Å². The first-order valence-electron chi connectivity index (χ1n) is 8.93. The largest absolute Gasteiger partial charge is 0.310 e. The molecule has 6 nitrogen and oxygen atoms in total. The van der Waals surface area contributed by atoms with Crippen LogP contribution in [-0.2, 0) is 5.54 Å². The lowest BCUT2D eigenvalue weighted by Gasteiger charge is -2.33. The van der Waals surface area contributed by atoms with Gasteiger partial charge in [-0.05, 0) is 51.7 Å². The van der Waals surface area contributed by atoms with Gasteiger partial charge in [0, 0.05) is 12.0 Å². The standard InChI is InChI=1S/C19H20N4O2/c1-19(2,23-16(24)13-5-3-4-6-14(13)17(23)25)18-21-20-15(11-7-8-11)22(18)12-9-10-12/h3-6,11-12H,7-10H2,1-2H3. The second-order valence-corrected chi connectivity index (χ2v) is 7.81. The molecule has 0 bridgehead atoms. The third kappa shape index (κ3) is 2.03. The summed E-state index contributed by atoms with van der Waals surface area (Å²) >= 11 is 0. The summed E-state index contributed by atoms with van der Waals surface area (Å²) in [6.07, 6.45) is 4.53. The minimum atomic E-state index is -0.837. The van der Waals surface area contributed by atoms with Crippen LogP contribution in [0.25, 0.3) is 0 Å². The summed E-state index contributed by atoms with van der Waals surface area (Å²) in [4.78, 5) is 27.2. The zero-order valence-corrected chi connectivity index (χ0v) is 14.4. The minimum Gasteiger partial charge on any atom is -0.310 e. The Morgan fingerprint density at radius 3 is 2.08 bits per heavy atom. The fraction of sp³-hybridized carbons (Fsp3) is 0.474. The van der Waals surface area contributed by atoms with Crippen LogP contribution in [0.5, 0.6) is 0 Å². The highest BCUT2D eigenvalue weighted by molar-refractivity contribution is 6.21. The molecule has 2 aromatic rings. The molecule has 2 aliphatic carbocycles. The summed E-state index contributed by atoms with van der Waals surface area (Å²) in [7, 11) is 0. The average Bonchev–Trinajstić information content (AvgIpc) is 3.52. The third-order valence-electron chi connectivity index (χ3n) is 5.48. The fourth-order valence-corrected chi connectivity index (χ4v) is 3.83. The maximum Gasteiger partial charge on any atom is 0.262 e. The van der Waals surface area contributed by atoms with Crippen LogP contribution in [-0.4, -0.2) is 31.5 Å². The van der Waals surface area contributed by atoms with Crippen molar-refractivity contribution in [3.63, 3.8) is 0 Å². The smallest absolute Gasteiger partial charge is 0.262 e. The van der Waals surface area contributed by atoms with Gasteiger partial charge in [-0.2, -0.15) is 0 Å². The highest BCUT2D eigenvalue weighted by atomic mass is 16.2. The van der Waals surface area contributed by atoms with Gasteiger partial charge in [-0.1, -0.05) is 12.1 Å². The van der Waals surface area contributed by atoms with Crippen LogP contribution in [0.2, 0.25) is 0 Å². The molecule has 1 aromatic heterocycles. The zero-order valence-electron chi connectivity index (χ0n) is 14.4. The first kappa shape index (κ1) is 14.8.